The first-order valence-corrected chi connectivity index (χ1v) is 11.6. The highest BCUT2D eigenvalue weighted by Crippen LogP contribution is 2.28. The smallest absolute Gasteiger partial charge is 0.323 e. The van der Waals surface area contributed by atoms with Crippen molar-refractivity contribution in [2.75, 3.05) is 16.1 Å². The minimum Gasteiger partial charge on any atom is -0.465 e. The van der Waals surface area contributed by atoms with Gasteiger partial charge in [0.15, 0.2) is 0 Å². The van der Waals surface area contributed by atoms with Crippen LogP contribution in [0.25, 0.3) is 0 Å². The van der Waals surface area contributed by atoms with Crippen LogP contribution in [-0.2, 0) is 27.2 Å². The first-order valence-electron chi connectivity index (χ1n) is 10.1. The number of carbonyl (C=O) groups is 2. The topological polar surface area (TPSA) is 58.6 Å². The van der Waals surface area contributed by atoms with Gasteiger partial charge in [0.1, 0.15) is 6.04 Å². The molecule has 0 aliphatic carbocycles. The molecule has 3 rings (SSSR count). The highest BCUT2D eigenvalue weighted by Gasteiger charge is 2.33. The molecule has 2 atom stereocenters. The summed E-state index contributed by atoms with van der Waals surface area (Å²) >= 11 is 2.22. The maximum atomic E-state index is 13.2. The number of para-hydroxylation sites is 1. The van der Waals surface area contributed by atoms with Gasteiger partial charge in [-0.15, -0.1) is 0 Å². The Hall–Kier alpha value is -1.93. The second-order valence-electron chi connectivity index (χ2n) is 7.10. The number of hydrogen-bond donors (Lipinski definition) is 1. The third-order valence-corrected chi connectivity index (χ3v) is 5.89. The number of alkyl halides is 1. The molecular weight excluding hydrogens is 479 g/mol. The van der Waals surface area contributed by atoms with Crippen LogP contribution >= 0.6 is 22.6 Å². The van der Waals surface area contributed by atoms with E-state index in [0.29, 0.717) is 24.0 Å². The Labute approximate surface area is 186 Å². The number of esters is 1. The third kappa shape index (κ3) is 5.57. The van der Waals surface area contributed by atoms with E-state index >= 15 is 0 Å². The van der Waals surface area contributed by atoms with Crippen molar-refractivity contribution in [3.8, 4) is 0 Å². The molecule has 0 bridgehead atoms. The Kier molecular flexibility index (Phi) is 8.06. The highest BCUT2D eigenvalue weighted by molar-refractivity contribution is 14.1. The number of anilines is 1. The van der Waals surface area contributed by atoms with Crippen LogP contribution in [0.1, 0.15) is 30.9 Å². The number of aryl methyl sites for hydroxylation is 2. The highest BCUT2D eigenvalue weighted by atomic mass is 127. The van der Waals surface area contributed by atoms with Crippen molar-refractivity contribution >= 4 is 40.2 Å². The van der Waals surface area contributed by atoms with Crippen LogP contribution < -0.4 is 10.2 Å². The van der Waals surface area contributed by atoms with Crippen LogP contribution in [0.15, 0.2) is 54.6 Å². The molecule has 29 heavy (non-hydrogen) atoms. The molecule has 0 unspecified atom stereocenters. The fraction of sp³-hybridized carbons (Fsp3) is 0.391. The maximum absolute atomic E-state index is 13.2. The van der Waals surface area contributed by atoms with Gasteiger partial charge in [-0.05, 0) is 49.8 Å². The minimum absolute atomic E-state index is 0.0124. The van der Waals surface area contributed by atoms with Crippen LogP contribution in [0.5, 0.6) is 0 Å². The van der Waals surface area contributed by atoms with E-state index in [1.165, 1.54) is 5.56 Å². The average molecular weight is 506 g/mol. The lowest BCUT2D eigenvalue weighted by Crippen LogP contribution is -2.52. The van der Waals surface area contributed by atoms with Crippen molar-refractivity contribution in [1.29, 1.82) is 0 Å². The first-order chi connectivity index (χ1) is 14.1. The summed E-state index contributed by atoms with van der Waals surface area (Å²) in [7, 11) is 0. The van der Waals surface area contributed by atoms with Crippen LogP contribution in [0.4, 0.5) is 5.69 Å². The maximum Gasteiger partial charge on any atom is 0.323 e. The number of fused-ring (bicyclic) bond motifs is 1. The molecule has 5 nitrogen and oxygen atoms in total. The number of ether oxygens (including phenoxy) is 1. The average Bonchev–Trinajstić information content (AvgIpc) is 2.88. The SMILES string of the molecule is CCOC(=O)[C@H](CCc1ccccc1)N[C@H]1CCc2ccccc2N(CI)C1=O. The van der Waals surface area contributed by atoms with Gasteiger partial charge in [-0.2, -0.15) is 0 Å². The van der Waals surface area contributed by atoms with E-state index in [1.807, 2.05) is 48.5 Å². The van der Waals surface area contributed by atoms with Crippen molar-refractivity contribution in [2.45, 2.75) is 44.7 Å². The van der Waals surface area contributed by atoms with Gasteiger partial charge < -0.3 is 9.64 Å². The largest absolute Gasteiger partial charge is 0.465 e. The zero-order valence-electron chi connectivity index (χ0n) is 16.6. The molecule has 1 aliphatic heterocycles. The molecule has 0 fully saturated rings. The van der Waals surface area contributed by atoms with Crippen LogP contribution in [-0.4, -0.2) is 35.1 Å². The number of hydrogen-bond acceptors (Lipinski definition) is 4. The number of amides is 1. The Bertz CT molecular complexity index is 828. The Morgan fingerprint density at radius 1 is 1.21 bits per heavy atom. The van der Waals surface area contributed by atoms with E-state index in [-0.39, 0.29) is 11.9 Å². The Morgan fingerprint density at radius 3 is 2.66 bits per heavy atom. The molecule has 1 amide bonds. The second-order valence-corrected chi connectivity index (χ2v) is 7.78. The van der Waals surface area contributed by atoms with Crippen molar-refractivity contribution < 1.29 is 14.3 Å². The van der Waals surface area contributed by atoms with E-state index in [4.69, 9.17) is 4.74 Å². The fourth-order valence-electron chi connectivity index (χ4n) is 3.70. The Balaban J connectivity index is 1.75. The van der Waals surface area contributed by atoms with Gasteiger partial charge in [0.2, 0.25) is 5.91 Å². The lowest BCUT2D eigenvalue weighted by molar-refractivity contribution is -0.146. The van der Waals surface area contributed by atoms with Gasteiger partial charge in [0, 0.05) is 5.69 Å². The summed E-state index contributed by atoms with van der Waals surface area (Å²) in [6.45, 7) is 2.13. The molecule has 1 heterocycles. The summed E-state index contributed by atoms with van der Waals surface area (Å²) < 4.78 is 5.86. The molecule has 2 aromatic rings. The van der Waals surface area contributed by atoms with Crippen molar-refractivity contribution in [2.24, 2.45) is 0 Å². The van der Waals surface area contributed by atoms with E-state index in [0.717, 1.165) is 24.1 Å². The van der Waals surface area contributed by atoms with Gasteiger partial charge >= 0.3 is 5.97 Å². The predicted molar refractivity (Wildman–Crippen MR) is 123 cm³/mol. The van der Waals surface area contributed by atoms with E-state index in [9.17, 15) is 9.59 Å². The summed E-state index contributed by atoms with van der Waals surface area (Å²) in [4.78, 5) is 27.6. The Morgan fingerprint density at radius 2 is 1.93 bits per heavy atom. The van der Waals surface area contributed by atoms with Gasteiger partial charge in [-0.25, -0.2) is 0 Å². The zero-order valence-corrected chi connectivity index (χ0v) is 18.8. The van der Waals surface area contributed by atoms with Gasteiger partial charge in [-0.3, -0.25) is 14.9 Å². The number of nitrogens with zero attached hydrogens (tertiary/aromatic N) is 1. The monoisotopic (exact) mass is 506 g/mol. The molecule has 0 aromatic heterocycles. The van der Waals surface area contributed by atoms with Crippen LogP contribution in [0.3, 0.4) is 0 Å². The van der Waals surface area contributed by atoms with E-state index in [1.54, 1.807) is 11.8 Å². The normalized spacial score (nSPS) is 17.4. The van der Waals surface area contributed by atoms with Gasteiger partial charge in [-0.1, -0.05) is 71.1 Å². The second kappa shape index (κ2) is 10.7. The van der Waals surface area contributed by atoms with Gasteiger partial charge in [0.05, 0.1) is 17.2 Å². The number of rotatable bonds is 8. The number of halogens is 1. The van der Waals surface area contributed by atoms with Crippen molar-refractivity contribution in [3.63, 3.8) is 0 Å². The molecule has 2 aromatic carbocycles. The van der Waals surface area contributed by atoms with Crippen LogP contribution in [0, 0.1) is 0 Å². The lowest BCUT2D eigenvalue weighted by atomic mass is 10.0. The number of benzene rings is 2. The molecule has 154 valence electrons. The third-order valence-electron chi connectivity index (χ3n) is 5.21. The number of nitrogens with one attached hydrogen (secondary N) is 1. The summed E-state index contributed by atoms with van der Waals surface area (Å²) in [5.74, 6) is -0.280. The molecular formula is C23H27IN2O3. The molecule has 0 spiro atoms. The molecule has 0 saturated heterocycles. The molecule has 0 saturated carbocycles. The zero-order chi connectivity index (χ0) is 20.6. The molecule has 0 radical (unpaired) electrons. The minimum atomic E-state index is -0.513. The molecule has 1 N–H and O–H groups in total. The van der Waals surface area contributed by atoms with Gasteiger partial charge in [0.25, 0.3) is 0 Å². The van der Waals surface area contributed by atoms with Crippen molar-refractivity contribution in [3.05, 3.63) is 65.7 Å². The fourth-order valence-corrected chi connectivity index (χ4v) is 4.41. The van der Waals surface area contributed by atoms with E-state index in [2.05, 4.69) is 34.0 Å². The number of carbonyl (C=O) groups excluding carboxylic acids is 2. The predicted octanol–water partition coefficient (Wildman–Crippen LogP) is 3.88. The van der Waals surface area contributed by atoms with Crippen LogP contribution in [0.2, 0.25) is 0 Å². The molecule has 6 heteroatoms. The van der Waals surface area contributed by atoms with E-state index < -0.39 is 12.1 Å². The van der Waals surface area contributed by atoms with Crippen molar-refractivity contribution in [1.82, 2.24) is 5.32 Å². The standard InChI is InChI=1S/C23H27IN2O3/c1-2-29-23(28)20(14-12-17-8-4-3-5-9-17)25-19-15-13-18-10-6-7-11-21(18)26(16-24)22(19)27/h3-11,19-20,25H,2,12-16H2,1H3/t19-,20-/m0/s1. The first kappa shape index (κ1) is 21.8. The summed E-state index contributed by atoms with van der Waals surface area (Å²) in [6.07, 6.45) is 2.78. The quantitative estimate of drug-likeness (QED) is 0.256. The summed E-state index contributed by atoms with van der Waals surface area (Å²) in [5, 5.41) is 3.33. The summed E-state index contributed by atoms with van der Waals surface area (Å²) in [6, 6.07) is 17.2. The lowest BCUT2D eigenvalue weighted by Gasteiger charge is -2.27. The summed E-state index contributed by atoms with van der Waals surface area (Å²) in [5.41, 5.74) is 3.30. The molecule has 1 aliphatic rings.